The molecule has 0 N–H and O–H groups in total. The van der Waals surface area contributed by atoms with Crippen molar-refractivity contribution in [3.05, 3.63) is 0 Å². The number of rotatable bonds is 2. The average molecular weight is 184 g/mol. The SMILES string of the molecule is CCOC(=O)C1OC12CC(C)C2C. The first-order chi connectivity index (χ1) is 6.12. The quantitative estimate of drug-likeness (QED) is 0.480. The predicted molar refractivity (Wildman–Crippen MR) is 47.2 cm³/mol. The van der Waals surface area contributed by atoms with Crippen LogP contribution in [-0.2, 0) is 14.3 Å². The van der Waals surface area contributed by atoms with Gasteiger partial charge in [-0.05, 0) is 25.2 Å². The summed E-state index contributed by atoms with van der Waals surface area (Å²) in [5, 5.41) is 0. The lowest BCUT2D eigenvalue weighted by Gasteiger charge is -2.38. The standard InChI is InChI=1S/C10H16O3/c1-4-12-9(11)8-10(13-8)5-6(2)7(10)3/h6-8H,4-5H2,1-3H3. The molecule has 1 spiro atoms. The fraction of sp³-hybridized carbons (Fsp3) is 0.900. The zero-order valence-electron chi connectivity index (χ0n) is 8.37. The van der Waals surface area contributed by atoms with Gasteiger partial charge in [0.25, 0.3) is 0 Å². The molecule has 1 saturated carbocycles. The average Bonchev–Trinajstić information content (AvgIpc) is 2.82. The van der Waals surface area contributed by atoms with Gasteiger partial charge in [0.1, 0.15) is 5.60 Å². The van der Waals surface area contributed by atoms with E-state index < -0.39 is 0 Å². The van der Waals surface area contributed by atoms with E-state index in [0.29, 0.717) is 18.4 Å². The molecule has 13 heavy (non-hydrogen) atoms. The molecule has 3 heteroatoms. The highest BCUT2D eigenvalue weighted by atomic mass is 16.7. The molecular weight excluding hydrogens is 168 g/mol. The molecule has 74 valence electrons. The molecule has 2 aliphatic rings. The molecule has 0 aromatic carbocycles. The van der Waals surface area contributed by atoms with Crippen LogP contribution in [0.15, 0.2) is 0 Å². The Morgan fingerprint density at radius 3 is 2.77 bits per heavy atom. The van der Waals surface area contributed by atoms with Gasteiger partial charge in [-0.2, -0.15) is 0 Å². The van der Waals surface area contributed by atoms with Crippen LogP contribution in [-0.4, -0.2) is 24.3 Å². The van der Waals surface area contributed by atoms with E-state index in [1.54, 1.807) is 0 Å². The fourth-order valence-electron chi connectivity index (χ4n) is 2.34. The van der Waals surface area contributed by atoms with Crippen LogP contribution in [0.2, 0.25) is 0 Å². The maximum absolute atomic E-state index is 11.3. The molecule has 0 bridgehead atoms. The zero-order valence-corrected chi connectivity index (χ0v) is 8.37. The van der Waals surface area contributed by atoms with Crippen molar-refractivity contribution in [3.8, 4) is 0 Å². The van der Waals surface area contributed by atoms with E-state index in [0.717, 1.165) is 6.42 Å². The molecule has 0 radical (unpaired) electrons. The van der Waals surface area contributed by atoms with Gasteiger partial charge >= 0.3 is 5.97 Å². The molecule has 4 atom stereocenters. The number of ether oxygens (including phenoxy) is 2. The van der Waals surface area contributed by atoms with Crippen molar-refractivity contribution in [2.75, 3.05) is 6.61 Å². The van der Waals surface area contributed by atoms with Crippen molar-refractivity contribution in [2.45, 2.75) is 38.9 Å². The Hall–Kier alpha value is -0.570. The van der Waals surface area contributed by atoms with Crippen molar-refractivity contribution in [1.29, 1.82) is 0 Å². The van der Waals surface area contributed by atoms with E-state index in [1.165, 1.54) is 0 Å². The molecule has 0 amide bonds. The Balaban J connectivity index is 1.92. The van der Waals surface area contributed by atoms with Gasteiger partial charge < -0.3 is 9.47 Å². The van der Waals surface area contributed by atoms with E-state index in [2.05, 4.69) is 13.8 Å². The molecule has 1 heterocycles. The van der Waals surface area contributed by atoms with E-state index in [1.807, 2.05) is 6.92 Å². The third kappa shape index (κ3) is 1.10. The Bertz CT molecular complexity index is 238. The van der Waals surface area contributed by atoms with Gasteiger partial charge in [-0.25, -0.2) is 4.79 Å². The molecular formula is C10H16O3. The smallest absolute Gasteiger partial charge is 0.338 e. The summed E-state index contributed by atoms with van der Waals surface area (Å²) in [6.45, 7) is 6.60. The monoisotopic (exact) mass is 184 g/mol. The Kier molecular flexibility index (Phi) is 1.88. The summed E-state index contributed by atoms with van der Waals surface area (Å²) in [6.07, 6.45) is 0.746. The lowest BCUT2D eigenvalue weighted by atomic mass is 9.64. The highest BCUT2D eigenvalue weighted by Gasteiger charge is 2.71. The van der Waals surface area contributed by atoms with Crippen LogP contribution >= 0.6 is 0 Å². The van der Waals surface area contributed by atoms with Crippen LogP contribution in [0.3, 0.4) is 0 Å². The van der Waals surface area contributed by atoms with Crippen LogP contribution in [0, 0.1) is 11.8 Å². The van der Waals surface area contributed by atoms with Crippen LogP contribution in [0.5, 0.6) is 0 Å². The molecule has 0 aromatic rings. The second-order valence-corrected chi connectivity index (χ2v) is 4.17. The molecule has 1 aliphatic carbocycles. The summed E-state index contributed by atoms with van der Waals surface area (Å²) in [7, 11) is 0. The topological polar surface area (TPSA) is 38.8 Å². The number of esters is 1. The number of epoxide rings is 1. The lowest BCUT2D eigenvalue weighted by Crippen LogP contribution is -2.44. The van der Waals surface area contributed by atoms with Gasteiger partial charge in [0.2, 0.25) is 0 Å². The summed E-state index contributed by atoms with van der Waals surface area (Å²) >= 11 is 0. The number of carbonyl (C=O) groups excluding carboxylic acids is 1. The van der Waals surface area contributed by atoms with E-state index in [-0.39, 0.29) is 17.7 Å². The highest BCUT2D eigenvalue weighted by molar-refractivity contribution is 5.79. The molecule has 4 unspecified atom stereocenters. The van der Waals surface area contributed by atoms with Crippen molar-refractivity contribution in [3.63, 3.8) is 0 Å². The molecule has 0 aromatic heterocycles. The Morgan fingerprint density at radius 2 is 2.31 bits per heavy atom. The second kappa shape index (κ2) is 2.71. The Labute approximate surface area is 78.4 Å². The summed E-state index contributed by atoms with van der Waals surface area (Å²) in [5.74, 6) is 1.00. The normalized spacial score (nSPS) is 47.2. The zero-order chi connectivity index (χ0) is 9.64. The van der Waals surface area contributed by atoms with Crippen LogP contribution in [0.1, 0.15) is 27.2 Å². The molecule has 1 saturated heterocycles. The minimum absolute atomic E-state index is 0.133. The van der Waals surface area contributed by atoms with E-state index in [9.17, 15) is 4.79 Å². The lowest BCUT2D eigenvalue weighted by molar-refractivity contribution is -0.144. The summed E-state index contributed by atoms with van der Waals surface area (Å²) in [4.78, 5) is 11.3. The van der Waals surface area contributed by atoms with Crippen molar-refractivity contribution in [1.82, 2.24) is 0 Å². The first-order valence-electron chi connectivity index (χ1n) is 4.96. The van der Waals surface area contributed by atoms with E-state index >= 15 is 0 Å². The third-order valence-electron chi connectivity index (χ3n) is 3.49. The van der Waals surface area contributed by atoms with Crippen LogP contribution < -0.4 is 0 Å². The van der Waals surface area contributed by atoms with Crippen LogP contribution in [0.4, 0.5) is 0 Å². The molecule has 3 nitrogen and oxygen atoms in total. The van der Waals surface area contributed by atoms with Gasteiger partial charge in [-0.15, -0.1) is 0 Å². The largest absolute Gasteiger partial charge is 0.464 e. The van der Waals surface area contributed by atoms with Gasteiger partial charge in [0.15, 0.2) is 6.10 Å². The molecule has 1 aliphatic heterocycles. The summed E-state index contributed by atoms with van der Waals surface area (Å²) in [6, 6.07) is 0. The predicted octanol–water partition coefficient (Wildman–Crippen LogP) is 1.36. The van der Waals surface area contributed by atoms with Crippen molar-refractivity contribution >= 4 is 5.97 Å². The van der Waals surface area contributed by atoms with Gasteiger partial charge in [-0.3, -0.25) is 0 Å². The third-order valence-corrected chi connectivity index (χ3v) is 3.49. The number of carbonyl (C=O) groups is 1. The molecule has 2 fully saturated rings. The first kappa shape index (κ1) is 9.00. The molecule has 2 rings (SSSR count). The van der Waals surface area contributed by atoms with Gasteiger partial charge in [0.05, 0.1) is 6.61 Å². The first-order valence-corrected chi connectivity index (χ1v) is 4.96. The van der Waals surface area contributed by atoms with Gasteiger partial charge in [-0.1, -0.05) is 13.8 Å². The number of hydrogen-bond donors (Lipinski definition) is 0. The van der Waals surface area contributed by atoms with E-state index in [4.69, 9.17) is 9.47 Å². The summed E-state index contributed by atoms with van der Waals surface area (Å²) in [5.41, 5.74) is -0.133. The van der Waals surface area contributed by atoms with Crippen molar-refractivity contribution in [2.24, 2.45) is 11.8 Å². The summed E-state index contributed by atoms with van der Waals surface area (Å²) < 4.78 is 10.4. The van der Waals surface area contributed by atoms with Crippen LogP contribution in [0.25, 0.3) is 0 Å². The number of hydrogen-bond acceptors (Lipinski definition) is 3. The maximum atomic E-state index is 11.3. The fourth-order valence-corrected chi connectivity index (χ4v) is 2.34. The van der Waals surface area contributed by atoms with Gasteiger partial charge in [0, 0.05) is 0 Å². The highest BCUT2D eigenvalue weighted by Crippen LogP contribution is 2.59. The minimum atomic E-state index is -0.265. The Morgan fingerprint density at radius 1 is 1.62 bits per heavy atom. The van der Waals surface area contributed by atoms with Crippen molar-refractivity contribution < 1.29 is 14.3 Å². The minimum Gasteiger partial charge on any atom is -0.464 e. The maximum Gasteiger partial charge on any atom is 0.338 e. The second-order valence-electron chi connectivity index (χ2n) is 4.17.